The van der Waals surface area contributed by atoms with Crippen LogP contribution in [0, 0.1) is 0 Å². The fourth-order valence-corrected chi connectivity index (χ4v) is 4.45. The van der Waals surface area contributed by atoms with Crippen LogP contribution in [-0.4, -0.2) is 16.3 Å². The Labute approximate surface area is 130 Å². The molecule has 2 aromatic carbocycles. The molecule has 1 unspecified atom stereocenters. The highest BCUT2D eigenvalue weighted by Gasteiger charge is 2.49. The predicted octanol–water partition coefficient (Wildman–Crippen LogP) is 3.84. The molecule has 0 saturated carbocycles. The first-order chi connectivity index (χ1) is 9.90. The van der Waals surface area contributed by atoms with Crippen LogP contribution in [-0.2, 0) is 0 Å². The van der Waals surface area contributed by atoms with Crippen LogP contribution in [0.25, 0.3) is 10.8 Å². The third-order valence-corrected chi connectivity index (χ3v) is 4.75. The minimum Gasteiger partial charge on any atom is -0.360 e. The Morgan fingerprint density at radius 3 is 2.62 bits per heavy atom. The maximum atomic E-state index is 5.64. The molecule has 0 radical (unpaired) electrons. The number of thiocarbonyl (C=S) groups is 1. The van der Waals surface area contributed by atoms with Crippen LogP contribution in [0.15, 0.2) is 36.4 Å². The maximum Gasteiger partial charge on any atom is 0.175 e. The summed E-state index contributed by atoms with van der Waals surface area (Å²) in [6.07, 6.45) is 0.975. The van der Waals surface area contributed by atoms with Crippen LogP contribution in [0.1, 0.15) is 27.2 Å². The van der Waals surface area contributed by atoms with E-state index in [0.717, 1.165) is 11.5 Å². The number of benzene rings is 2. The van der Waals surface area contributed by atoms with Gasteiger partial charge in [0, 0.05) is 17.3 Å². The summed E-state index contributed by atoms with van der Waals surface area (Å²) in [5.74, 6) is 0. The molecule has 21 heavy (non-hydrogen) atoms. The molecule has 1 fully saturated rings. The Kier molecular flexibility index (Phi) is 2.39. The number of anilines is 2. The van der Waals surface area contributed by atoms with Gasteiger partial charge in [0.25, 0.3) is 0 Å². The Hall–Kier alpha value is -1.81. The van der Waals surface area contributed by atoms with Crippen molar-refractivity contribution in [1.29, 1.82) is 0 Å². The first-order valence-corrected chi connectivity index (χ1v) is 7.73. The minimum absolute atomic E-state index is 0.00677. The minimum atomic E-state index is -0.168. The molecule has 1 saturated heterocycles. The fourth-order valence-electron chi connectivity index (χ4n) is 3.88. The van der Waals surface area contributed by atoms with Crippen molar-refractivity contribution < 1.29 is 0 Å². The number of nitrogens with zero attached hydrogens (tertiary/aromatic N) is 1. The van der Waals surface area contributed by atoms with Gasteiger partial charge in [-0.1, -0.05) is 30.3 Å². The molecule has 3 nitrogen and oxygen atoms in total. The van der Waals surface area contributed by atoms with Gasteiger partial charge in [0.15, 0.2) is 5.11 Å². The monoisotopic (exact) mass is 297 g/mol. The Bertz CT molecular complexity index is 768. The van der Waals surface area contributed by atoms with Gasteiger partial charge in [-0.05, 0) is 44.4 Å². The molecule has 2 aliphatic heterocycles. The highest BCUT2D eigenvalue weighted by Crippen LogP contribution is 2.48. The van der Waals surface area contributed by atoms with E-state index in [0.29, 0.717) is 0 Å². The summed E-state index contributed by atoms with van der Waals surface area (Å²) in [4.78, 5) is 2.23. The third-order valence-electron chi connectivity index (χ3n) is 4.47. The summed E-state index contributed by atoms with van der Waals surface area (Å²) in [6, 6.07) is 12.8. The van der Waals surface area contributed by atoms with Crippen LogP contribution >= 0.6 is 12.2 Å². The van der Waals surface area contributed by atoms with E-state index in [9.17, 15) is 0 Å². The summed E-state index contributed by atoms with van der Waals surface area (Å²) in [5.41, 5.74) is 2.19. The number of rotatable bonds is 0. The molecule has 2 aliphatic rings. The smallest absolute Gasteiger partial charge is 0.175 e. The van der Waals surface area contributed by atoms with Gasteiger partial charge >= 0.3 is 0 Å². The zero-order chi connectivity index (χ0) is 14.8. The Morgan fingerprint density at radius 2 is 1.81 bits per heavy atom. The molecular weight excluding hydrogens is 278 g/mol. The lowest BCUT2D eigenvalue weighted by Crippen LogP contribution is -2.67. The number of hydrogen-bond acceptors (Lipinski definition) is 2. The van der Waals surface area contributed by atoms with Crippen LogP contribution < -0.4 is 15.5 Å². The van der Waals surface area contributed by atoms with Crippen molar-refractivity contribution in [3.05, 3.63) is 36.4 Å². The molecule has 0 amide bonds. The average molecular weight is 297 g/mol. The second-order valence-corrected chi connectivity index (χ2v) is 7.29. The highest BCUT2D eigenvalue weighted by atomic mass is 32.1. The van der Waals surface area contributed by atoms with E-state index >= 15 is 0 Å². The normalized spacial score (nSPS) is 26.0. The molecular formula is C17H19N3S. The molecule has 0 bridgehead atoms. The number of hydrogen-bond donors (Lipinski definition) is 2. The SMILES string of the molecule is CC1(C)CC2(C)Nc3c(ccc4ccccc34)N2C(=S)N1. The van der Waals surface area contributed by atoms with Crippen molar-refractivity contribution in [2.75, 3.05) is 10.2 Å². The second kappa shape index (κ2) is 3.89. The quantitative estimate of drug-likeness (QED) is 0.722. The lowest BCUT2D eigenvalue weighted by atomic mass is 9.89. The van der Waals surface area contributed by atoms with Gasteiger partial charge in [0.1, 0.15) is 5.66 Å². The molecule has 2 N–H and O–H groups in total. The van der Waals surface area contributed by atoms with Gasteiger partial charge in [-0.2, -0.15) is 0 Å². The molecule has 0 spiro atoms. The van der Waals surface area contributed by atoms with Crippen molar-refractivity contribution in [3.63, 3.8) is 0 Å². The van der Waals surface area contributed by atoms with Gasteiger partial charge in [-0.3, -0.25) is 4.90 Å². The first kappa shape index (κ1) is 12.9. The van der Waals surface area contributed by atoms with E-state index in [2.05, 4.69) is 72.7 Å². The molecule has 4 heteroatoms. The van der Waals surface area contributed by atoms with Crippen LogP contribution in [0.3, 0.4) is 0 Å². The number of nitrogens with one attached hydrogen (secondary N) is 2. The summed E-state index contributed by atoms with van der Waals surface area (Å²) in [6.45, 7) is 6.63. The zero-order valence-corrected chi connectivity index (χ0v) is 13.3. The van der Waals surface area contributed by atoms with E-state index in [-0.39, 0.29) is 11.2 Å². The lowest BCUT2D eigenvalue weighted by molar-refractivity contribution is 0.310. The van der Waals surface area contributed by atoms with Gasteiger partial charge in [0.05, 0.1) is 11.4 Å². The Balaban J connectivity index is 1.93. The van der Waals surface area contributed by atoms with E-state index in [1.165, 1.54) is 22.1 Å². The first-order valence-electron chi connectivity index (χ1n) is 7.32. The largest absolute Gasteiger partial charge is 0.360 e. The van der Waals surface area contributed by atoms with Crippen molar-refractivity contribution in [2.24, 2.45) is 0 Å². The summed E-state index contributed by atoms with van der Waals surface area (Å²) in [5, 5.41) is 10.5. The number of fused-ring (bicyclic) bond motifs is 5. The fraction of sp³-hybridized carbons (Fsp3) is 0.353. The maximum absolute atomic E-state index is 5.64. The summed E-state index contributed by atoms with van der Waals surface area (Å²) in [7, 11) is 0. The van der Waals surface area contributed by atoms with Crippen molar-refractivity contribution in [2.45, 2.75) is 38.4 Å². The van der Waals surface area contributed by atoms with Gasteiger partial charge in [-0.15, -0.1) is 0 Å². The lowest BCUT2D eigenvalue weighted by Gasteiger charge is -2.48. The van der Waals surface area contributed by atoms with E-state index in [1.54, 1.807) is 0 Å². The van der Waals surface area contributed by atoms with Crippen molar-refractivity contribution >= 4 is 39.5 Å². The Morgan fingerprint density at radius 1 is 1.05 bits per heavy atom. The molecule has 1 atom stereocenters. The van der Waals surface area contributed by atoms with E-state index in [4.69, 9.17) is 12.2 Å². The molecule has 4 rings (SSSR count). The van der Waals surface area contributed by atoms with E-state index in [1.807, 2.05) is 0 Å². The standard InChI is InChI=1S/C17H19N3S/c1-16(2)10-17(3)18-14-12-7-5-4-6-11(12)8-9-13(14)20(17)15(21)19-16/h4-9,18H,10H2,1-3H3,(H,19,21). The molecule has 2 aromatic rings. The van der Waals surface area contributed by atoms with Crippen molar-refractivity contribution in [3.8, 4) is 0 Å². The molecule has 0 aromatic heterocycles. The van der Waals surface area contributed by atoms with Crippen LogP contribution in [0.4, 0.5) is 11.4 Å². The average Bonchev–Trinajstić information content (AvgIpc) is 2.69. The predicted molar refractivity (Wildman–Crippen MR) is 92.9 cm³/mol. The highest BCUT2D eigenvalue weighted by molar-refractivity contribution is 7.80. The summed E-state index contributed by atoms with van der Waals surface area (Å²) < 4.78 is 0. The second-order valence-electron chi connectivity index (χ2n) is 6.91. The van der Waals surface area contributed by atoms with Gasteiger partial charge in [0.2, 0.25) is 0 Å². The zero-order valence-electron chi connectivity index (χ0n) is 12.5. The molecule has 2 heterocycles. The van der Waals surface area contributed by atoms with Crippen LogP contribution in [0.5, 0.6) is 0 Å². The van der Waals surface area contributed by atoms with Gasteiger partial charge in [-0.25, -0.2) is 0 Å². The molecule has 0 aliphatic carbocycles. The van der Waals surface area contributed by atoms with E-state index < -0.39 is 0 Å². The van der Waals surface area contributed by atoms with Crippen molar-refractivity contribution in [1.82, 2.24) is 5.32 Å². The van der Waals surface area contributed by atoms with Gasteiger partial charge < -0.3 is 10.6 Å². The summed E-state index contributed by atoms with van der Waals surface area (Å²) >= 11 is 5.64. The topological polar surface area (TPSA) is 27.3 Å². The van der Waals surface area contributed by atoms with Crippen LogP contribution in [0.2, 0.25) is 0 Å². The third kappa shape index (κ3) is 1.75. The molecule has 108 valence electrons.